The lowest BCUT2D eigenvalue weighted by atomic mass is 9.99. The van der Waals surface area contributed by atoms with Gasteiger partial charge >= 0.3 is 0 Å². The van der Waals surface area contributed by atoms with Crippen LogP contribution in [-0.4, -0.2) is 26.3 Å². The van der Waals surface area contributed by atoms with Gasteiger partial charge in [-0.25, -0.2) is 9.97 Å². The number of aryl methyl sites for hydroxylation is 2. The van der Waals surface area contributed by atoms with Crippen LogP contribution >= 0.6 is 11.3 Å². The van der Waals surface area contributed by atoms with Crippen LogP contribution in [0.3, 0.4) is 0 Å². The molecule has 3 aromatic heterocycles. The van der Waals surface area contributed by atoms with Gasteiger partial charge in [0, 0.05) is 26.2 Å². The highest BCUT2D eigenvalue weighted by atomic mass is 32.1. The number of nitrogens with zero attached hydrogens (tertiary/aromatic N) is 5. The molecule has 1 aliphatic heterocycles. The Bertz CT molecular complexity index is 821. The zero-order valence-corrected chi connectivity index (χ0v) is 14.4. The third kappa shape index (κ3) is 2.51. The van der Waals surface area contributed by atoms with E-state index in [1.165, 1.54) is 23.9 Å². The van der Waals surface area contributed by atoms with Crippen LogP contribution in [0, 0.1) is 0 Å². The first-order valence-corrected chi connectivity index (χ1v) is 9.14. The molecule has 0 bridgehead atoms. The fourth-order valence-corrected chi connectivity index (χ4v) is 4.24. The smallest absolute Gasteiger partial charge is 0.141 e. The second-order valence-corrected chi connectivity index (χ2v) is 6.94. The summed E-state index contributed by atoms with van der Waals surface area (Å²) in [5.74, 6) is 2.03. The zero-order chi connectivity index (χ0) is 15.8. The lowest BCUT2D eigenvalue weighted by molar-refractivity contribution is 0.448. The number of anilines is 1. The number of fused-ring (bicyclic) bond motifs is 1. The molecule has 0 saturated carbocycles. The van der Waals surface area contributed by atoms with Gasteiger partial charge in [-0.3, -0.25) is 4.68 Å². The molecule has 3 aromatic rings. The van der Waals surface area contributed by atoms with Gasteiger partial charge in [0.1, 0.15) is 16.5 Å². The van der Waals surface area contributed by atoms with Crippen LogP contribution in [0.4, 0.5) is 5.82 Å². The Labute approximate surface area is 140 Å². The Hall–Kier alpha value is -1.95. The van der Waals surface area contributed by atoms with Gasteiger partial charge in [0.25, 0.3) is 0 Å². The molecule has 1 aliphatic rings. The van der Waals surface area contributed by atoms with E-state index >= 15 is 0 Å². The Balaban J connectivity index is 1.84. The second-order valence-electron chi connectivity index (χ2n) is 6.04. The van der Waals surface area contributed by atoms with Gasteiger partial charge in [0.15, 0.2) is 0 Å². The number of piperidine rings is 1. The lowest BCUT2D eigenvalue weighted by Gasteiger charge is -2.37. The molecule has 1 fully saturated rings. The summed E-state index contributed by atoms with van der Waals surface area (Å²) in [6.07, 6.45) is 6.37. The van der Waals surface area contributed by atoms with Crippen molar-refractivity contribution in [3.05, 3.63) is 35.2 Å². The van der Waals surface area contributed by atoms with Gasteiger partial charge < -0.3 is 4.90 Å². The fourth-order valence-electron chi connectivity index (χ4n) is 3.46. The number of hydrogen-bond acceptors (Lipinski definition) is 5. The minimum absolute atomic E-state index is 0.346. The van der Waals surface area contributed by atoms with Crippen molar-refractivity contribution in [2.75, 3.05) is 11.4 Å². The maximum Gasteiger partial charge on any atom is 0.141 e. The topological polar surface area (TPSA) is 46.8 Å². The highest BCUT2D eigenvalue weighted by molar-refractivity contribution is 7.16. The molecule has 0 aliphatic carbocycles. The summed E-state index contributed by atoms with van der Waals surface area (Å²) in [5, 5.41) is 7.66. The first-order valence-electron chi connectivity index (χ1n) is 8.26. The van der Waals surface area contributed by atoms with Crippen LogP contribution in [0.2, 0.25) is 0 Å². The lowest BCUT2D eigenvalue weighted by Crippen LogP contribution is -2.35. The van der Waals surface area contributed by atoms with Crippen molar-refractivity contribution in [3.63, 3.8) is 0 Å². The van der Waals surface area contributed by atoms with Crippen LogP contribution in [0.5, 0.6) is 0 Å². The van der Waals surface area contributed by atoms with Gasteiger partial charge in [-0.15, -0.1) is 11.3 Å². The van der Waals surface area contributed by atoms with Gasteiger partial charge in [-0.05, 0) is 36.8 Å². The molecule has 0 aromatic carbocycles. The first-order chi connectivity index (χ1) is 11.3. The van der Waals surface area contributed by atoms with E-state index in [9.17, 15) is 0 Å². The third-order valence-electron chi connectivity index (χ3n) is 4.64. The molecule has 0 radical (unpaired) electrons. The number of hydrogen-bond donors (Lipinski definition) is 0. The molecule has 6 heteroatoms. The summed E-state index contributed by atoms with van der Waals surface area (Å²) in [6, 6.07) is 4.64. The SMILES string of the molecule is CCc1nc(N2CCCCC2c2ccnn2C)c2ccsc2n1. The molecular weight excluding hydrogens is 306 g/mol. The van der Waals surface area contributed by atoms with Crippen molar-refractivity contribution in [3.8, 4) is 0 Å². The summed E-state index contributed by atoms with van der Waals surface area (Å²) in [7, 11) is 2.03. The van der Waals surface area contributed by atoms with E-state index in [0.29, 0.717) is 6.04 Å². The normalized spacial score (nSPS) is 18.7. The van der Waals surface area contributed by atoms with Crippen LogP contribution in [0.25, 0.3) is 10.2 Å². The molecule has 0 amide bonds. The quantitative estimate of drug-likeness (QED) is 0.735. The summed E-state index contributed by atoms with van der Waals surface area (Å²) < 4.78 is 2.00. The number of rotatable bonds is 3. The molecule has 5 nitrogen and oxygen atoms in total. The molecule has 4 heterocycles. The van der Waals surface area contributed by atoms with Crippen molar-refractivity contribution in [2.24, 2.45) is 7.05 Å². The van der Waals surface area contributed by atoms with Crippen LogP contribution in [0.15, 0.2) is 23.7 Å². The van der Waals surface area contributed by atoms with E-state index in [2.05, 4.69) is 39.4 Å². The molecule has 1 atom stereocenters. The van der Waals surface area contributed by atoms with E-state index in [0.717, 1.165) is 35.9 Å². The van der Waals surface area contributed by atoms with E-state index in [1.54, 1.807) is 11.3 Å². The predicted molar refractivity (Wildman–Crippen MR) is 93.9 cm³/mol. The van der Waals surface area contributed by atoms with Crippen molar-refractivity contribution < 1.29 is 0 Å². The zero-order valence-electron chi connectivity index (χ0n) is 13.6. The predicted octanol–water partition coefficient (Wildman–Crippen LogP) is 3.72. The van der Waals surface area contributed by atoms with Crippen molar-refractivity contribution in [1.82, 2.24) is 19.7 Å². The minimum atomic E-state index is 0.346. The standard InChI is InChI=1S/C17H21N5S/c1-3-15-19-16(12-8-11-23-17(12)20-15)22-10-5-4-6-14(22)13-7-9-18-21(13)2/h7-9,11,14H,3-6,10H2,1-2H3. The number of aromatic nitrogens is 4. The van der Waals surface area contributed by atoms with E-state index < -0.39 is 0 Å². The Morgan fingerprint density at radius 2 is 2.17 bits per heavy atom. The molecule has 4 rings (SSSR count). The first kappa shape index (κ1) is 14.6. The van der Waals surface area contributed by atoms with E-state index in [-0.39, 0.29) is 0 Å². The Morgan fingerprint density at radius 3 is 2.96 bits per heavy atom. The summed E-state index contributed by atoms with van der Waals surface area (Å²) in [5.41, 5.74) is 1.27. The molecule has 120 valence electrons. The van der Waals surface area contributed by atoms with Crippen LogP contribution < -0.4 is 4.90 Å². The highest BCUT2D eigenvalue weighted by Crippen LogP contribution is 2.37. The van der Waals surface area contributed by atoms with Crippen LogP contribution in [-0.2, 0) is 13.5 Å². The van der Waals surface area contributed by atoms with Crippen molar-refractivity contribution in [2.45, 2.75) is 38.6 Å². The largest absolute Gasteiger partial charge is 0.347 e. The molecule has 23 heavy (non-hydrogen) atoms. The maximum absolute atomic E-state index is 4.90. The molecule has 1 saturated heterocycles. The Morgan fingerprint density at radius 1 is 1.26 bits per heavy atom. The maximum atomic E-state index is 4.90. The van der Waals surface area contributed by atoms with Crippen molar-refractivity contribution in [1.29, 1.82) is 0 Å². The van der Waals surface area contributed by atoms with Gasteiger partial charge in [0.05, 0.1) is 17.1 Å². The highest BCUT2D eigenvalue weighted by Gasteiger charge is 2.29. The third-order valence-corrected chi connectivity index (χ3v) is 5.45. The summed E-state index contributed by atoms with van der Waals surface area (Å²) in [4.78, 5) is 13.1. The van der Waals surface area contributed by atoms with Gasteiger partial charge in [-0.2, -0.15) is 5.10 Å². The van der Waals surface area contributed by atoms with Gasteiger partial charge in [-0.1, -0.05) is 6.92 Å². The molecule has 1 unspecified atom stereocenters. The summed E-state index contributed by atoms with van der Waals surface area (Å²) in [6.45, 7) is 3.16. The molecule has 0 spiro atoms. The number of thiophene rings is 1. The average molecular weight is 327 g/mol. The monoisotopic (exact) mass is 327 g/mol. The van der Waals surface area contributed by atoms with Gasteiger partial charge in [0.2, 0.25) is 0 Å². The summed E-state index contributed by atoms with van der Waals surface area (Å²) >= 11 is 1.70. The minimum Gasteiger partial charge on any atom is -0.347 e. The molecular formula is C17H21N5S. The fraction of sp³-hybridized carbons (Fsp3) is 0.471. The average Bonchev–Trinajstić information content (AvgIpc) is 3.22. The Kier molecular flexibility index (Phi) is 3.77. The van der Waals surface area contributed by atoms with Crippen molar-refractivity contribution >= 4 is 27.4 Å². The second kappa shape index (κ2) is 5.92. The van der Waals surface area contributed by atoms with Crippen LogP contribution in [0.1, 0.15) is 43.7 Å². The van der Waals surface area contributed by atoms with E-state index in [1.807, 2.05) is 17.9 Å². The van der Waals surface area contributed by atoms with E-state index in [4.69, 9.17) is 4.98 Å². The molecule has 0 N–H and O–H groups in total.